The Kier molecular flexibility index (Phi) is 3.43. The van der Waals surface area contributed by atoms with Gasteiger partial charge in [0.05, 0.1) is 5.69 Å². The molecule has 18 heavy (non-hydrogen) atoms. The highest BCUT2D eigenvalue weighted by Gasteiger charge is 2.34. The summed E-state index contributed by atoms with van der Waals surface area (Å²) in [6.07, 6.45) is 0. The summed E-state index contributed by atoms with van der Waals surface area (Å²) in [5.41, 5.74) is 0.637. The summed E-state index contributed by atoms with van der Waals surface area (Å²) in [6.45, 7) is 3.82. The van der Waals surface area contributed by atoms with Gasteiger partial charge in [-0.1, -0.05) is 24.3 Å². The van der Waals surface area contributed by atoms with Crippen molar-refractivity contribution in [3.63, 3.8) is 0 Å². The van der Waals surface area contributed by atoms with Gasteiger partial charge >= 0.3 is 5.92 Å². The van der Waals surface area contributed by atoms with Gasteiger partial charge < -0.3 is 0 Å². The normalized spacial score (nSPS) is 11.8. The Hall–Kier alpha value is -1.36. The second-order valence-electron chi connectivity index (χ2n) is 3.91. The molecule has 0 N–H and O–H groups in total. The second-order valence-corrected chi connectivity index (χ2v) is 4.99. The van der Waals surface area contributed by atoms with Crippen LogP contribution < -0.4 is 0 Å². The Morgan fingerprint density at radius 2 is 2.00 bits per heavy atom. The number of hydrogen-bond acceptors (Lipinski definition) is 2. The molecule has 1 radical (unpaired) electrons. The smallest absolute Gasteiger partial charge is 0.244 e. The quantitative estimate of drug-likeness (QED) is 0.807. The summed E-state index contributed by atoms with van der Waals surface area (Å²) in [5.74, 6) is -3.49. The maximum Gasteiger partial charge on any atom is 0.301 e. The average Bonchev–Trinajstić information content (AvgIpc) is 2.69. The summed E-state index contributed by atoms with van der Waals surface area (Å²) in [6, 6.07) is 5.85. The van der Waals surface area contributed by atoms with Gasteiger partial charge in [0.2, 0.25) is 0 Å². The van der Waals surface area contributed by atoms with Gasteiger partial charge in [0.1, 0.15) is 5.01 Å². The highest BCUT2D eigenvalue weighted by Crippen LogP contribution is 2.38. The van der Waals surface area contributed by atoms with E-state index in [1.807, 2.05) is 0 Å². The van der Waals surface area contributed by atoms with E-state index in [4.69, 9.17) is 0 Å². The summed E-state index contributed by atoms with van der Waals surface area (Å²) < 4.78 is 39.5. The lowest BCUT2D eigenvalue weighted by Crippen LogP contribution is -2.16. The van der Waals surface area contributed by atoms with Gasteiger partial charge in [-0.15, -0.1) is 11.3 Å². The van der Waals surface area contributed by atoms with Crippen molar-refractivity contribution in [2.24, 2.45) is 0 Å². The van der Waals surface area contributed by atoms with E-state index in [-0.39, 0.29) is 11.1 Å². The molecule has 0 atom stereocenters. The molecular formula is C13H11F3NS. The Labute approximate surface area is 107 Å². The van der Waals surface area contributed by atoms with Crippen molar-refractivity contribution in [2.75, 3.05) is 6.67 Å². The molecule has 1 aromatic heterocycles. The van der Waals surface area contributed by atoms with E-state index >= 15 is 0 Å². The van der Waals surface area contributed by atoms with Crippen LogP contribution in [-0.4, -0.2) is 11.7 Å². The molecule has 0 saturated carbocycles. The zero-order chi connectivity index (χ0) is 13.3. The first-order valence-electron chi connectivity index (χ1n) is 5.29. The van der Waals surface area contributed by atoms with E-state index in [1.54, 1.807) is 13.0 Å². The Morgan fingerprint density at radius 1 is 1.33 bits per heavy atom. The van der Waals surface area contributed by atoms with Crippen LogP contribution >= 0.6 is 11.3 Å². The molecule has 1 aromatic carbocycles. The van der Waals surface area contributed by atoms with Crippen molar-refractivity contribution >= 4 is 11.3 Å². The van der Waals surface area contributed by atoms with Crippen molar-refractivity contribution in [2.45, 2.75) is 12.8 Å². The van der Waals surface area contributed by atoms with Crippen LogP contribution in [0.2, 0.25) is 0 Å². The summed E-state index contributed by atoms with van der Waals surface area (Å²) in [4.78, 5) is 4.91. The van der Waals surface area contributed by atoms with Crippen molar-refractivity contribution in [1.29, 1.82) is 0 Å². The van der Waals surface area contributed by atoms with Crippen LogP contribution in [0.15, 0.2) is 24.3 Å². The highest BCUT2D eigenvalue weighted by molar-refractivity contribution is 7.15. The third kappa shape index (κ3) is 2.27. The SMILES string of the molecule is [CH2]c1sc(-c2ccccc2C(F)(F)CF)nc1C. The minimum absolute atomic E-state index is 0.267. The lowest BCUT2D eigenvalue weighted by atomic mass is 10.0. The summed E-state index contributed by atoms with van der Waals surface area (Å²) >= 11 is 1.23. The molecule has 0 bridgehead atoms. The number of hydrogen-bond donors (Lipinski definition) is 0. The van der Waals surface area contributed by atoms with Gasteiger partial charge in [0.15, 0.2) is 6.67 Å². The molecule has 2 rings (SSSR count). The molecule has 5 heteroatoms. The van der Waals surface area contributed by atoms with E-state index in [1.165, 1.54) is 29.5 Å². The van der Waals surface area contributed by atoms with Crippen LogP contribution in [0.3, 0.4) is 0 Å². The van der Waals surface area contributed by atoms with Crippen molar-refractivity contribution in [1.82, 2.24) is 4.98 Å². The maximum atomic E-state index is 13.5. The molecule has 0 amide bonds. The second kappa shape index (κ2) is 4.72. The van der Waals surface area contributed by atoms with Crippen LogP contribution in [-0.2, 0) is 5.92 Å². The van der Waals surface area contributed by atoms with E-state index in [0.29, 0.717) is 10.7 Å². The minimum Gasteiger partial charge on any atom is -0.244 e. The van der Waals surface area contributed by atoms with Crippen molar-refractivity contribution < 1.29 is 13.2 Å². The standard InChI is InChI=1S/C13H11F3NS/c1-8-9(2)18-12(17-8)10-5-3-4-6-11(10)13(15,16)7-14/h3-6H,2,7H2,1H3. The van der Waals surface area contributed by atoms with Gasteiger partial charge in [0, 0.05) is 16.0 Å². The zero-order valence-electron chi connectivity index (χ0n) is 9.71. The molecule has 1 nitrogen and oxygen atoms in total. The predicted molar refractivity (Wildman–Crippen MR) is 66.6 cm³/mol. The number of rotatable bonds is 3. The average molecular weight is 270 g/mol. The third-order valence-electron chi connectivity index (χ3n) is 2.61. The van der Waals surface area contributed by atoms with Gasteiger partial charge in [-0.2, -0.15) is 8.78 Å². The van der Waals surface area contributed by atoms with Gasteiger partial charge in [-0.3, -0.25) is 0 Å². The fourth-order valence-corrected chi connectivity index (χ4v) is 2.50. The molecule has 0 aliphatic heterocycles. The number of thiazole rings is 1. The van der Waals surface area contributed by atoms with E-state index < -0.39 is 12.6 Å². The lowest BCUT2D eigenvalue weighted by molar-refractivity contribution is -0.0275. The number of alkyl halides is 3. The molecule has 0 fully saturated rings. The van der Waals surface area contributed by atoms with Crippen LogP contribution in [0.5, 0.6) is 0 Å². The molecule has 0 aliphatic carbocycles. The van der Waals surface area contributed by atoms with E-state index in [9.17, 15) is 13.2 Å². The van der Waals surface area contributed by atoms with Crippen molar-refractivity contribution in [3.05, 3.63) is 47.3 Å². The van der Waals surface area contributed by atoms with Crippen LogP contribution in [0.1, 0.15) is 16.1 Å². The fraction of sp³-hybridized carbons (Fsp3) is 0.231. The van der Waals surface area contributed by atoms with Gasteiger partial charge in [-0.25, -0.2) is 9.37 Å². The fourth-order valence-electron chi connectivity index (χ4n) is 1.60. The zero-order valence-corrected chi connectivity index (χ0v) is 10.5. The Morgan fingerprint density at radius 3 is 2.56 bits per heavy atom. The molecule has 0 unspecified atom stereocenters. The van der Waals surface area contributed by atoms with E-state index in [0.717, 1.165) is 4.88 Å². The van der Waals surface area contributed by atoms with Crippen LogP contribution in [0, 0.1) is 13.8 Å². The first-order chi connectivity index (χ1) is 8.45. The Balaban J connectivity index is 2.58. The van der Waals surface area contributed by atoms with Crippen LogP contribution in [0.25, 0.3) is 10.6 Å². The number of aromatic nitrogens is 1. The predicted octanol–water partition coefficient (Wildman–Crippen LogP) is 4.36. The first-order valence-corrected chi connectivity index (χ1v) is 6.10. The first kappa shape index (κ1) is 13.1. The van der Waals surface area contributed by atoms with Crippen molar-refractivity contribution in [3.8, 4) is 10.6 Å². The number of halogens is 3. The molecular weight excluding hydrogens is 259 g/mol. The van der Waals surface area contributed by atoms with Gasteiger partial charge in [0.25, 0.3) is 0 Å². The lowest BCUT2D eigenvalue weighted by Gasteiger charge is -2.15. The molecule has 1 heterocycles. The largest absolute Gasteiger partial charge is 0.301 e. The topological polar surface area (TPSA) is 12.9 Å². The number of benzene rings is 1. The monoisotopic (exact) mass is 270 g/mol. The third-order valence-corrected chi connectivity index (χ3v) is 3.66. The van der Waals surface area contributed by atoms with E-state index in [2.05, 4.69) is 11.9 Å². The number of aryl methyl sites for hydroxylation is 1. The molecule has 95 valence electrons. The molecule has 2 aromatic rings. The number of nitrogens with zero attached hydrogens (tertiary/aromatic N) is 1. The highest BCUT2D eigenvalue weighted by atomic mass is 32.1. The Bertz CT molecular complexity index is 544. The summed E-state index contributed by atoms with van der Waals surface area (Å²) in [5, 5.41) is 0.446. The molecule has 0 aliphatic rings. The molecule has 0 saturated heterocycles. The van der Waals surface area contributed by atoms with Crippen LogP contribution in [0.4, 0.5) is 13.2 Å². The molecule has 0 spiro atoms. The summed E-state index contributed by atoms with van der Waals surface area (Å²) in [7, 11) is 0. The maximum absolute atomic E-state index is 13.5. The minimum atomic E-state index is -3.49. The van der Waals surface area contributed by atoms with Gasteiger partial charge in [-0.05, 0) is 13.8 Å².